The number of carbonyl (C=O) groups excluding carboxylic acids is 1. The molecule has 1 aliphatic rings. The molecule has 3 aromatic rings. The second-order valence-electron chi connectivity index (χ2n) is 6.45. The van der Waals surface area contributed by atoms with Gasteiger partial charge in [-0.1, -0.05) is 30.3 Å². The second-order valence-corrected chi connectivity index (χ2v) is 7.48. The Morgan fingerprint density at radius 3 is 2.59 bits per heavy atom. The minimum absolute atomic E-state index is 0.00507. The summed E-state index contributed by atoms with van der Waals surface area (Å²) in [5.74, 6) is 0.964. The van der Waals surface area contributed by atoms with Gasteiger partial charge in [-0.05, 0) is 31.9 Å². The first-order chi connectivity index (χ1) is 13.1. The highest BCUT2D eigenvalue weighted by molar-refractivity contribution is 7.07. The number of rotatable bonds is 4. The van der Waals surface area contributed by atoms with Crippen LogP contribution in [0, 0.1) is 18.3 Å². The van der Waals surface area contributed by atoms with Crippen molar-refractivity contribution in [2.45, 2.75) is 25.8 Å². The van der Waals surface area contributed by atoms with Crippen LogP contribution in [0.2, 0.25) is 0 Å². The van der Waals surface area contributed by atoms with E-state index in [1.165, 1.54) is 11.3 Å². The van der Waals surface area contributed by atoms with Crippen molar-refractivity contribution < 1.29 is 9.21 Å². The standard InChI is InChI=1S/C21H16N2O3S/c1-13-7-10-16(26-13)11-18-20(25)23(15-8-9-15)21(27-18)17(12-22)19(24)14-5-3-2-4-6-14/h2-7,10-11,15H,8-9H2,1H3/b18-11-,21-17-. The van der Waals surface area contributed by atoms with E-state index in [1.54, 1.807) is 41.0 Å². The second kappa shape index (κ2) is 6.86. The largest absolute Gasteiger partial charge is 0.462 e. The molecule has 134 valence electrons. The van der Waals surface area contributed by atoms with Gasteiger partial charge in [0.05, 0.1) is 4.53 Å². The van der Waals surface area contributed by atoms with E-state index >= 15 is 0 Å². The fourth-order valence-corrected chi connectivity index (χ4v) is 4.06. The van der Waals surface area contributed by atoms with E-state index in [0.717, 1.165) is 18.6 Å². The number of hydrogen-bond acceptors (Lipinski definition) is 5. The van der Waals surface area contributed by atoms with Gasteiger partial charge in [-0.15, -0.1) is 11.3 Å². The molecule has 2 heterocycles. The van der Waals surface area contributed by atoms with Gasteiger partial charge in [0, 0.05) is 17.7 Å². The summed E-state index contributed by atoms with van der Waals surface area (Å²) in [6.45, 7) is 1.83. The number of benzene rings is 1. The molecule has 27 heavy (non-hydrogen) atoms. The van der Waals surface area contributed by atoms with E-state index in [-0.39, 0.29) is 23.0 Å². The molecule has 0 aliphatic heterocycles. The van der Waals surface area contributed by atoms with E-state index in [9.17, 15) is 14.9 Å². The fourth-order valence-electron chi connectivity index (χ4n) is 2.92. The summed E-state index contributed by atoms with van der Waals surface area (Å²) >= 11 is 1.17. The minimum atomic E-state index is -0.367. The first-order valence-electron chi connectivity index (χ1n) is 8.62. The van der Waals surface area contributed by atoms with E-state index < -0.39 is 0 Å². The zero-order valence-corrected chi connectivity index (χ0v) is 15.5. The molecule has 1 aromatic carbocycles. The van der Waals surface area contributed by atoms with Crippen LogP contribution in [0.5, 0.6) is 0 Å². The lowest BCUT2D eigenvalue weighted by Crippen LogP contribution is -2.32. The summed E-state index contributed by atoms with van der Waals surface area (Å²) in [6.07, 6.45) is 3.42. The van der Waals surface area contributed by atoms with Crippen molar-refractivity contribution in [3.8, 4) is 6.07 Å². The van der Waals surface area contributed by atoms with Crippen LogP contribution in [-0.4, -0.2) is 10.4 Å². The molecule has 0 unspecified atom stereocenters. The highest BCUT2D eigenvalue weighted by Gasteiger charge is 2.28. The highest BCUT2D eigenvalue weighted by Crippen LogP contribution is 2.32. The maximum absolute atomic E-state index is 12.9. The molecule has 0 N–H and O–H groups in total. The van der Waals surface area contributed by atoms with E-state index in [2.05, 4.69) is 0 Å². The van der Waals surface area contributed by atoms with Crippen LogP contribution in [0.3, 0.4) is 0 Å². The molecule has 5 nitrogen and oxygen atoms in total. The predicted molar refractivity (Wildman–Crippen MR) is 103 cm³/mol. The number of nitrogens with zero attached hydrogens (tertiary/aromatic N) is 2. The zero-order chi connectivity index (χ0) is 19.0. The summed E-state index contributed by atoms with van der Waals surface area (Å²) in [5, 5.41) is 9.69. The number of aromatic nitrogens is 1. The Hall–Kier alpha value is -3.17. The number of furan rings is 1. The van der Waals surface area contributed by atoms with Crippen molar-refractivity contribution in [2.75, 3.05) is 0 Å². The molecular formula is C21H16N2O3S. The Morgan fingerprint density at radius 2 is 2.00 bits per heavy atom. The van der Waals surface area contributed by atoms with Gasteiger partial charge in [0.2, 0.25) is 5.78 Å². The Bertz CT molecular complexity index is 1240. The lowest BCUT2D eigenvalue weighted by Gasteiger charge is -2.01. The molecule has 0 spiro atoms. The van der Waals surface area contributed by atoms with Gasteiger partial charge < -0.3 is 4.42 Å². The summed E-state index contributed by atoms with van der Waals surface area (Å²) in [5.41, 5.74) is 0.259. The van der Waals surface area contributed by atoms with Crippen molar-refractivity contribution in [2.24, 2.45) is 0 Å². The van der Waals surface area contributed by atoms with Crippen LogP contribution in [-0.2, 0) is 0 Å². The molecule has 1 aliphatic carbocycles. The molecule has 0 bridgehead atoms. The minimum Gasteiger partial charge on any atom is -0.462 e. The van der Waals surface area contributed by atoms with Crippen molar-refractivity contribution in [1.82, 2.24) is 4.57 Å². The summed E-state index contributed by atoms with van der Waals surface area (Å²) < 4.78 is 8.02. The van der Waals surface area contributed by atoms with E-state index in [1.807, 2.05) is 25.1 Å². The van der Waals surface area contributed by atoms with Gasteiger partial charge in [0.15, 0.2) is 0 Å². The number of aryl methyl sites for hydroxylation is 1. The maximum Gasteiger partial charge on any atom is 0.269 e. The van der Waals surface area contributed by atoms with Gasteiger partial charge in [-0.25, -0.2) is 0 Å². The Kier molecular flexibility index (Phi) is 4.38. The van der Waals surface area contributed by atoms with Gasteiger partial charge in [-0.3, -0.25) is 14.2 Å². The number of thiazole rings is 1. The number of carbonyl (C=O) groups is 1. The molecule has 4 rings (SSSR count). The monoisotopic (exact) mass is 376 g/mol. The third kappa shape index (κ3) is 3.29. The Labute approximate surface area is 159 Å². The van der Waals surface area contributed by atoms with Crippen molar-refractivity contribution in [3.05, 3.63) is 79.1 Å². The SMILES string of the molecule is Cc1ccc(/C=c2\s/c(=C(/C#N)C(=O)c3ccccc3)n(C3CC3)c2=O)o1. The topological polar surface area (TPSA) is 76.0 Å². The third-order valence-electron chi connectivity index (χ3n) is 4.39. The maximum atomic E-state index is 12.9. The number of Topliss-reactive ketones (excluding diaryl/α,β-unsaturated/α-hetero) is 1. The van der Waals surface area contributed by atoms with Crippen LogP contribution in [0.15, 0.2) is 51.7 Å². The van der Waals surface area contributed by atoms with Crippen LogP contribution in [0.25, 0.3) is 11.6 Å². The Morgan fingerprint density at radius 1 is 1.26 bits per heavy atom. The van der Waals surface area contributed by atoms with Crippen LogP contribution in [0.4, 0.5) is 0 Å². The molecule has 0 amide bonds. The van der Waals surface area contributed by atoms with Gasteiger partial charge in [-0.2, -0.15) is 5.26 Å². The van der Waals surface area contributed by atoms with Crippen molar-refractivity contribution in [1.29, 1.82) is 5.26 Å². The normalized spacial score (nSPS) is 15.5. The summed E-state index contributed by atoms with van der Waals surface area (Å²) in [4.78, 5) is 25.8. The smallest absolute Gasteiger partial charge is 0.269 e. The first kappa shape index (κ1) is 17.3. The van der Waals surface area contributed by atoms with Crippen molar-refractivity contribution >= 4 is 28.8 Å². The lowest BCUT2D eigenvalue weighted by molar-refractivity contribution is 0.105. The molecule has 0 atom stereocenters. The lowest BCUT2D eigenvalue weighted by atomic mass is 10.1. The summed E-state index contributed by atoms with van der Waals surface area (Å²) in [6, 6.07) is 14.4. The fraction of sp³-hybridized carbons (Fsp3) is 0.190. The van der Waals surface area contributed by atoms with Gasteiger partial charge >= 0.3 is 0 Å². The quantitative estimate of drug-likeness (QED) is 0.656. The Balaban J connectivity index is 1.96. The van der Waals surface area contributed by atoms with Crippen molar-refractivity contribution in [3.63, 3.8) is 0 Å². The first-order valence-corrected chi connectivity index (χ1v) is 9.44. The number of nitriles is 1. The zero-order valence-electron chi connectivity index (χ0n) is 14.6. The van der Waals surface area contributed by atoms with Crippen LogP contribution >= 0.6 is 11.3 Å². The molecule has 1 saturated carbocycles. The van der Waals surface area contributed by atoms with Gasteiger partial charge in [0.25, 0.3) is 5.56 Å². The number of hydrogen-bond donors (Lipinski definition) is 0. The van der Waals surface area contributed by atoms with Crippen LogP contribution in [0.1, 0.15) is 40.8 Å². The average Bonchev–Trinajstić information content (AvgIpc) is 3.35. The highest BCUT2D eigenvalue weighted by atomic mass is 32.1. The third-order valence-corrected chi connectivity index (χ3v) is 5.50. The average molecular weight is 376 g/mol. The predicted octanol–water partition coefficient (Wildman–Crippen LogP) is 2.53. The summed E-state index contributed by atoms with van der Waals surface area (Å²) in [7, 11) is 0. The van der Waals surface area contributed by atoms with E-state index in [0.29, 0.717) is 20.5 Å². The molecule has 1 fully saturated rings. The van der Waals surface area contributed by atoms with Gasteiger partial charge in [0.1, 0.15) is 27.8 Å². The molecule has 0 saturated heterocycles. The van der Waals surface area contributed by atoms with E-state index in [4.69, 9.17) is 4.42 Å². The number of ketones is 1. The molecule has 0 radical (unpaired) electrons. The molecule has 2 aromatic heterocycles. The van der Waals surface area contributed by atoms with Crippen LogP contribution < -0.4 is 14.8 Å². The molecule has 6 heteroatoms. The molecular weight excluding hydrogens is 360 g/mol.